The molecule has 1 N–H and O–H groups in total. The molecule has 1 aromatic rings. The minimum absolute atomic E-state index is 0.223. The number of nitrogens with zero attached hydrogens (tertiary/aromatic N) is 1. The van der Waals surface area contributed by atoms with Gasteiger partial charge >= 0.3 is 0 Å². The highest BCUT2D eigenvalue weighted by atomic mass is 79.9. The maximum absolute atomic E-state index is 5.97. The summed E-state index contributed by atoms with van der Waals surface area (Å²) in [6.45, 7) is 7.35. The molecule has 102 valence electrons. The van der Waals surface area contributed by atoms with Crippen molar-refractivity contribution in [2.75, 3.05) is 26.7 Å². The Balaban J connectivity index is 2.11. The van der Waals surface area contributed by atoms with Crippen LogP contribution in [0.2, 0.25) is 0 Å². The number of morpholine rings is 1. The fraction of sp³-hybridized carbons (Fsp3) is 0.692. The smallest absolute Gasteiger partial charge is 0.0905 e. The highest BCUT2D eigenvalue weighted by Gasteiger charge is 2.30. The van der Waals surface area contributed by atoms with E-state index in [2.05, 4.69) is 51.4 Å². The second-order valence-electron chi connectivity index (χ2n) is 4.90. The Kier molecular flexibility index (Phi) is 5.21. The molecule has 0 spiro atoms. The number of hydrogen-bond donors (Lipinski definition) is 1. The van der Waals surface area contributed by atoms with Crippen LogP contribution >= 0.6 is 27.3 Å². The highest BCUT2D eigenvalue weighted by molar-refractivity contribution is 9.10. The van der Waals surface area contributed by atoms with Crippen LogP contribution in [0, 0.1) is 0 Å². The summed E-state index contributed by atoms with van der Waals surface area (Å²) in [5.41, 5.74) is 0. The molecule has 1 aromatic heterocycles. The molecule has 2 atom stereocenters. The third kappa shape index (κ3) is 3.14. The van der Waals surface area contributed by atoms with Gasteiger partial charge in [0.1, 0.15) is 0 Å². The van der Waals surface area contributed by atoms with Crippen molar-refractivity contribution in [2.45, 2.75) is 32.0 Å². The molecule has 0 radical (unpaired) electrons. The standard InChI is InChI=1S/C13H21BrN2OS/c1-9(2)16-5-6-17-11(8-16)12(15-3)13-10(14)4-7-18-13/h4,7,9,11-12,15H,5-6,8H2,1-3H3. The average molecular weight is 333 g/mol. The Morgan fingerprint density at radius 2 is 2.33 bits per heavy atom. The predicted octanol–water partition coefficient (Wildman–Crippen LogP) is 2.88. The number of likely N-dealkylation sites (N-methyl/N-ethyl adjacent to an activating group) is 1. The average Bonchev–Trinajstić information content (AvgIpc) is 2.77. The molecule has 0 saturated carbocycles. The summed E-state index contributed by atoms with van der Waals surface area (Å²) in [5, 5.41) is 5.52. The summed E-state index contributed by atoms with van der Waals surface area (Å²) in [6, 6.07) is 2.95. The molecule has 0 bridgehead atoms. The van der Waals surface area contributed by atoms with Crippen LogP contribution in [0.15, 0.2) is 15.9 Å². The van der Waals surface area contributed by atoms with Crippen molar-refractivity contribution in [1.29, 1.82) is 0 Å². The van der Waals surface area contributed by atoms with E-state index >= 15 is 0 Å². The van der Waals surface area contributed by atoms with Gasteiger partial charge in [0.2, 0.25) is 0 Å². The monoisotopic (exact) mass is 332 g/mol. The molecular weight excluding hydrogens is 312 g/mol. The molecule has 0 aromatic carbocycles. The van der Waals surface area contributed by atoms with Gasteiger partial charge in [0.05, 0.1) is 18.8 Å². The minimum Gasteiger partial charge on any atom is -0.374 e. The van der Waals surface area contributed by atoms with Crippen molar-refractivity contribution in [2.24, 2.45) is 0 Å². The summed E-state index contributed by atoms with van der Waals surface area (Å²) in [5.74, 6) is 0. The Morgan fingerprint density at radius 1 is 1.56 bits per heavy atom. The summed E-state index contributed by atoms with van der Waals surface area (Å²) >= 11 is 5.40. The molecule has 2 heterocycles. The van der Waals surface area contributed by atoms with Crippen LogP contribution in [0.1, 0.15) is 24.8 Å². The Hall–Kier alpha value is 0.0600. The fourth-order valence-electron chi connectivity index (χ4n) is 2.38. The Morgan fingerprint density at radius 3 is 2.89 bits per heavy atom. The van der Waals surface area contributed by atoms with Gasteiger partial charge in [0.15, 0.2) is 0 Å². The molecular formula is C13H21BrN2OS. The van der Waals surface area contributed by atoms with Gasteiger partial charge in [0, 0.05) is 28.5 Å². The summed E-state index contributed by atoms with van der Waals surface area (Å²) in [7, 11) is 2.01. The lowest BCUT2D eigenvalue weighted by atomic mass is 10.1. The van der Waals surface area contributed by atoms with E-state index in [1.807, 2.05) is 7.05 Å². The molecule has 0 amide bonds. The molecule has 1 fully saturated rings. The van der Waals surface area contributed by atoms with Crippen LogP contribution in [-0.2, 0) is 4.74 Å². The van der Waals surface area contributed by atoms with Crippen LogP contribution in [0.4, 0.5) is 0 Å². The minimum atomic E-state index is 0.223. The molecule has 18 heavy (non-hydrogen) atoms. The lowest BCUT2D eigenvalue weighted by Crippen LogP contribution is -2.49. The second-order valence-corrected chi connectivity index (χ2v) is 6.70. The van der Waals surface area contributed by atoms with Gasteiger partial charge in [-0.15, -0.1) is 11.3 Å². The third-order valence-corrected chi connectivity index (χ3v) is 5.42. The van der Waals surface area contributed by atoms with E-state index in [1.165, 1.54) is 9.35 Å². The molecule has 2 unspecified atom stereocenters. The van der Waals surface area contributed by atoms with Gasteiger partial charge in [-0.1, -0.05) is 0 Å². The van der Waals surface area contributed by atoms with Crippen molar-refractivity contribution in [3.8, 4) is 0 Å². The van der Waals surface area contributed by atoms with Crippen LogP contribution in [-0.4, -0.2) is 43.8 Å². The summed E-state index contributed by atoms with van der Waals surface area (Å²) in [4.78, 5) is 3.81. The van der Waals surface area contributed by atoms with E-state index in [9.17, 15) is 0 Å². The van der Waals surface area contributed by atoms with Crippen molar-refractivity contribution >= 4 is 27.3 Å². The van der Waals surface area contributed by atoms with Crippen molar-refractivity contribution in [1.82, 2.24) is 10.2 Å². The first-order chi connectivity index (χ1) is 8.63. The number of rotatable bonds is 4. The summed E-state index contributed by atoms with van der Waals surface area (Å²) in [6.07, 6.45) is 0.223. The highest BCUT2D eigenvalue weighted by Crippen LogP contribution is 2.33. The van der Waals surface area contributed by atoms with Gasteiger partial charge in [-0.2, -0.15) is 0 Å². The van der Waals surface area contributed by atoms with E-state index in [-0.39, 0.29) is 12.1 Å². The van der Waals surface area contributed by atoms with Crippen molar-refractivity contribution in [3.05, 3.63) is 20.8 Å². The van der Waals surface area contributed by atoms with E-state index in [1.54, 1.807) is 11.3 Å². The molecule has 1 aliphatic heterocycles. The molecule has 2 rings (SSSR count). The first-order valence-electron chi connectivity index (χ1n) is 6.39. The van der Waals surface area contributed by atoms with E-state index in [0.717, 1.165) is 19.7 Å². The zero-order chi connectivity index (χ0) is 13.1. The second kappa shape index (κ2) is 6.48. The lowest BCUT2D eigenvalue weighted by Gasteiger charge is -2.38. The number of hydrogen-bond acceptors (Lipinski definition) is 4. The van der Waals surface area contributed by atoms with Gasteiger partial charge in [-0.3, -0.25) is 4.90 Å². The van der Waals surface area contributed by atoms with Crippen LogP contribution < -0.4 is 5.32 Å². The third-order valence-electron chi connectivity index (χ3n) is 3.47. The zero-order valence-corrected chi connectivity index (χ0v) is 13.6. The maximum Gasteiger partial charge on any atom is 0.0905 e. The van der Waals surface area contributed by atoms with Crippen LogP contribution in [0.25, 0.3) is 0 Å². The normalized spacial score (nSPS) is 23.5. The molecule has 1 saturated heterocycles. The maximum atomic E-state index is 5.97. The fourth-order valence-corrected chi connectivity index (χ4v) is 4.16. The molecule has 0 aliphatic carbocycles. The number of thiophene rings is 1. The van der Waals surface area contributed by atoms with Crippen molar-refractivity contribution in [3.63, 3.8) is 0 Å². The van der Waals surface area contributed by atoms with Crippen LogP contribution in [0.3, 0.4) is 0 Å². The number of nitrogens with one attached hydrogen (secondary N) is 1. The summed E-state index contributed by atoms with van der Waals surface area (Å²) < 4.78 is 7.15. The van der Waals surface area contributed by atoms with Crippen molar-refractivity contribution < 1.29 is 4.74 Å². The van der Waals surface area contributed by atoms with Gasteiger partial charge in [-0.25, -0.2) is 0 Å². The van der Waals surface area contributed by atoms with Gasteiger partial charge < -0.3 is 10.1 Å². The topological polar surface area (TPSA) is 24.5 Å². The molecule has 3 nitrogen and oxygen atoms in total. The largest absolute Gasteiger partial charge is 0.374 e. The quantitative estimate of drug-likeness (QED) is 0.917. The van der Waals surface area contributed by atoms with E-state index in [0.29, 0.717) is 6.04 Å². The SMILES string of the molecule is CNC(c1sccc1Br)C1CN(C(C)C)CCO1. The Bertz CT molecular complexity index is 383. The number of ether oxygens (including phenoxy) is 1. The van der Waals surface area contributed by atoms with E-state index in [4.69, 9.17) is 4.74 Å². The molecule has 1 aliphatic rings. The van der Waals surface area contributed by atoms with Crippen LogP contribution in [0.5, 0.6) is 0 Å². The first kappa shape index (κ1) is 14.5. The Labute approximate surface area is 122 Å². The van der Waals surface area contributed by atoms with E-state index < -0.39 is 0 Å². The lowest BCUT2D eigenvalue weighted by molar-refractivity contribution is -0.0545. The zero-order valence-electron chi connectivity index (χ0n) is 11.1. The van der Waals surface area contributed by atoms with Gasteiger partial charge in [-0.05, 0) is 48.3 Å². The predicted molar refractivity (Wildman–Crippen MR) is 80.3 cm³/mol. The van der Waals surface area contributed by atoms with Gasteiger partial charge in [0.25, 0.3) is 0 Å². The number of halogens is 1. The first-order valence-corrected chi connectivity index (χ1v) is 8.06. The molecule has 5 heteroatoms.